The largest absolute Gasteiger partial charge is 0.256 e. The predicted octanol–water partition coefficient (Wildman–Crippen LogP) is 4.00. The zero-order chi connectivity index (χ0) is 11.1. The molecule has 0 spiro atoms. The summed E-state index contributed by atoms with van der Waals surface area (Å²) in [5, 5.41) is 3.87. The van der Waals surface area contributed by atoms with Gasteiger partial charge in [-0.15, -0.1) is 0 Å². The molecule has 16 heavy (non-hydrogen) atoms. The summed E-state index contributed by atoms with van der Waals surface area (Å²) >= 11 is 0. The van der Waals surface area contributed by atoms with Gasteiger partial charge in [-0.25, -0.2) is 0 Å². The van der Waals surface area contributed by atoms with E-state index in [1.54, 1.807) is 0 Å². The molecule has 0 amide bonds. The average molecular weight is 207 g/mol. The van der Waals surface area contributed by atoms with Crippen molar-refractivity contribution >= 4 is 21.7 Å². The second-order valence-corrected chi connectivity index (χ2v) is 4.25. The summed E-state index contributed by atoms with van der Waals surface area (Å²) in [5.41, 5.74) is 3.67. The summed E-state index contributed by atoms with van der Waals surface area (Å²) in [4.78, 5) is 4.49. The van der Waals surface area contributed by atoms with Gasteiger partial charge in [-0.1, -0.05) is 30.3 Å². The number of aromatic nitrogens is 1. The van der Waals surface area contributed by atoms with Gasteiger partial charge in [0, 0.05) is 11.6 Å². The lowest BCUT2D eigenvalue weighted by atomic mass is 9.99. The lowest BCUT2D eigenvalue weighted by Gasteiger charge is -2.08. The highest BCUT2D eigenvalue weighted by atomic mass is 14.7. The summed E-state index contributed by atoms with van der Waals surface area (Å²) in [5.74, 6) is 0. The molecule has 1 heteroatoms. The molecule has 0 saturated heterocycles. The minimum Gasteiger partial charge on any atom is -0.256 e. The predicted molar refractivity (Wildman–Crippen MR) is 68.7 cm³/mol. The third kappa shape index (κ3) is 1.21. The van der Waals surface area contributed by atoms with Gasteiger partial charge in [-0.3, -0.25) is 4.98 Å². The highest BCUT2D eigenvalue weighted by Crippen LogP contribution is 2.27. The van der Waals surface area contributed by atoms with E-state index in [4.69, 9.17) is 0 Å². The van der Waals surface area contributed by atoms with Crippen LogP contribution in [-0.4, -0.2) is 4.98 Å². The first-order valence-corrected chi connectivity index (χ1v) is 5.51. The minimum absolute atomic E-state index is 1.08. The smallest absolute Gasteiger partial charge is 0.0711 e. The number of fused-ring (bicyclic) bond motifs is 3. The van der Waals surface area contributed by atoms with Crippen LogP contribution in [0.4, 0.5) is 0 Å². The Bertz CT molecular complexity index is 683. The van der Waals surface area contributed by atoms with E-state index in [1.165, 1.54) is 27.3 Å². The summed E-state index contributed by atoms with van der Waals surface area (Å²) in [6.07, 6.45) is 1.95. The van der Waals surface area contributed by atoms with Gasteiger partial charge in [-0.2, -0.15) is 0 Å². The van der Waals surface area contributed by atoms with Gasteiger partial charge in [0.25, 0.3) is 0 Å². The summed E-state index contributed by atoms with van der Waals surface area (Å²) in [6.45, 7) is 4.29. The SMILES string of the molecule is Cc1cnc2ccc3ccccc3c2c1C. The number of hydrogen-bond acceptors (Lipinski definition) is 1. The van der Waals surface area contributed by atoms with Crippen LogP contribution in [0.2, 0.25) is 0 Å². The summed E-state index contributed by atoms with van der Waals surface area (Å²) < 4.78 is 0. The van der Waals surface area contributed by atoms with Crippen molar-refractivity contribution in [2.75, 3.05) is 0 Å². The van der Waals surface area contributed by atoms with Gasteiger partial charge in [0.2, 0.25) is 0 Å². The maximum absolute atomic E-state index is 4.49. The first-order chi connectivity index (χ1) is 7.77. The van der Waals surface area contributed by atoms with Crippen molar-refractivity contribution in [1.29, 1.82) is 0 Å². The fraction of sp³-hybridized carbons (Fsp3) is 0.133. The Morgan fingerprint density at radius 1 is 0.938 bits per heavy atom. The summed E-state index contributed by atoms with van der Waals surface area (Å²) in [7, 11) is 0. The van der Waals surface area contributed by atoms with E-state index in [0.29, 0.717) is 0 Å². The molecular formula is C15H13N. The van der Waals surface area contributed by atoms with Crippen molar-refractivity contribution in [1.82, 2.24) is 4.98 Å². The number of aryl methyl sites for hydroxylation is 2. The average Bonchev–Trinajstić information content (AvgIpc) is 2.33. The van der Waals surface area contributed by atoms with Crippen molar-refractivity contribution in [3.8, 4) is 0 Å². The highest BCUT2D eigenvalue weighted by molar-refractivity contribution is 6.07. The van der Waals surface area contributed by atoms with Crippen LogP contribution in [0.15, 0.2) is 42.6 Å². The number of hydrogen-bond donors (Lipinski definition) is 0. The minimum atomic E-state index is 1.08. The second-order valence-electron chi connectivity index (χ2n) is 4.25. The van der Waals surface area contributed by atoms with E-state index in [0.717, 1.165) is 5.52 Å². The topological polar surface area (TPSA) is 12.9 Å². The van der Waals surface area contributed by atoms with Crippen molar-refractivity contribution in [2.45, 2.75) is 13.8 Å². The quantitative estimate of drug-likeness (QED) is 0.508. The molecule has 0 saturated carbocycles. The Morgan fingerprint density at radius 2 is 1.75 bits per heavy atom. The standard InChI is InChI=1S/C15H13N/c1-10-9-16-14-8-7-12-5-3-4-6-13(12)15(14)11(10)2/h3-9H,1-2H3. The van der Waals surface area contributed by atoms with E-state index in [2.05, 4.69) is 55.2 Å². The van der Waals surface area contributed by atoms with Gasteiger partial charge in [-0.05, 0) is 41.8 Å². The number of benzene rings is 2. The van der Waals surface area contributed by atoms with Crippen molar-refractivity contribution in [3.05, 3.63) is 53.7 Å². The Kier molecular flexibility index (Phi) is 1.93. The van der Waals surface area contributed by atoms with Crippen molar-refractivity contribution in [2.24, 2.45) is 0 Å². The van der Waals surface area contributed by atoms with Crippen LogP contribution < -0.4 is 0 Å². The zero-order valence-corrected chi connectivity index (χ0v) is 9.49. The molecule has 1 heterocycles. The molecule has 3 aromatic rings. The molecule has 1 nitrogen and oxygen atoms in total. The number of nitrogens with zero attached hydrogens (tertiary/aromatic N) is 1. The van der Waals surface area contributed by atoms with Crippen LogP contribution in [0.25, 0.3) is 21.7 Å². The molecular weight excluding hydrogens is 194 g/mol. The molecule has 0 N–H and O–H groups in total. The van der Waals surface area contributed by atoms with E-state index >= 15 is 0 Å². The molecule has 2 aromatic carbocycles. The van der Waals surface area contributed by atoms with Gasteiger partial charge in [0.05, 0.1) is 5.52 Å². The van der Waals surface area contributed by atoms with E-state index in [1.807, 2.05) is 6.20 Å². The summed E-state index contributed by atoms with van der Waals surface area (Å²) in [6, 6.07) is 12.7. The molecule has 0 aliphatic heterocycles. The second kappa shape index (κ2) is 3.31. The normalized spacial score (nSPS) is 11.1. The van der Waals surface area contributed by atoms with Crippen molar-refractivity contribution in [3.63, 3.8) is 0 Å². The number of pyridine rings is 1. The van der Waals surface area contributed by atoms with Crippen molar-refractivity contribution < 1.29 is 0 Å². The Morgan fingerprint density at radius 3 is 2.62 bits per heavy atom. The third-order valence-electron chi connectivity index (χ3n) is 3.27. The van der Waals surface area contributed by atoms with Crippen LogP contribution in [-0.2, 0) is 0 Å². The van der Waals surface area contributed by atoms with Crippen LogP contribution in [0.1, 0.15) is 11.1 Å². The first kappa shape index (κ1) is 9.34. The van der Waals surface area contributed by atoms with Gasteiger partial charge < -0.3 is 0 Å². The van der Waals surface area contributed by atoms with Crippen LogP contribution in [0, 0.1) is 13.8 Å². The molecule has 1 aromatic heterocycles. The maximum Gasteiger partial charge on any atom is 0.0711 e. The molecule has 0 unspecified atom stereocenters. The highest BCUT2D eigenvalue weighted by Gasteiger charge is 2.05. The van der Waals surface area contributed by atoms with E-state index in [9.17, 15) is 0 Å². The Labute approximate surface area is 94.7 Å². The first-order valence-electron chi connectivity index (χ1n) is 5.51. The van der Waals surface area contributed by atoms with E-state index in [-0.39, 0.29) is 0 Å². The van der Waals surface area contributed by atoms with Crippen LogP contribution >= 0.6 is 0 Å². The molecule has 0 atom stereocenters. The number of rotatable bonds is 0. The molecule has 0 aliphatic carbocycles. The van der Waals surface area contributed by atoms with Gasteiger partial charge in [0.15, 0.2) is 0 Å². The third-order valence-corrected chi connectivity index (χ3v) is 3.27. The van der Waals surface area contributed by atoms with Crippen LogP contribution in [0.3, 0.4) is 0 Å². The molecule has 0 bridgehead atoms. The fourth-order valence-electron chi connectivity index (χ4n) is 2.22. The fourth-order valence-corrected chi connectivity index (χ4v) is 2.22. The molecule has 78 valence electrons. The van der Waals surface area contributed by atoms with Crippen LogP contribution in [0.5, 0.6) is 0 Å². The zero-order valence-electron chi connectivity index (χ0n) is 9.49. The van der Waals surface area contributed by atoms with Gasteiger partial charge in [0.1, 0.15) is 0 Å². The molecule has 0 aliphatic rings. The maximum atomic E-state index is 4.49. The molecule has 0 fully saturated rings. The lowest BCUT2D eigenvalue weighted by Crippen LogP contribution is -1.88. The molecule has 0 radical (unpaired) electrons. The lowest BCUT2D eigenvalue weighted by molar-refractivity contribution is 1.28. The monoisotopic (exact) mass is 207 g/mol. The Balaban J connectivity index is 2.63. The van der Waals surface area contributed by atoms with E-state index < -0.39 is 0 Å². The Hall–Kier alpha value is -1.89. The van der Waals surface area contributed by atoms with Gasteiger partial charge >= 0.3 is 0 Å². The molecule has 3 rings (SSSR count).